The van der Waals surface area contributed by atoms with Gasteiger partial charge in [-0.15, -0.1) is 10.2 Å². The lowest BCUT2D eigenvalue weighted by molar-refractivity contribution is -0.116. The molecule has 2 heterocycles. The van der Waals surface area contributed by atoms with Crippen LogP contribution in [-0.2, 0) is 4.79 Å². The standard InChI is InChI=1S/C21H19N3O3S/c1-11-6-12(2)8-15(7-11)20-23-24-21(27-20)28-10-18(25)14-4-5-17-16(9-14)13(3)19(26)22-17/h4-9,13H,10H2,1-3H3,(H,22,26)/t13-/m0/s1. The molecular weight excluding hydrogens is 374 g/mol. The molecule has 2 aromatic carbocycles. The van der Waals surface area contributed by atoms with Crippen molar-refractivity contribution < 1.29 is 14.0 Å². The summed E-state index contributed by atoms with van der Waals surface area (Å²) in [5.41, 5.74) is 5.32. The number of hydrogen-bond acceptors (Lipinski definition) is 6. The van der Waals surface area contributed by atoms with Crippen LogP contribution in [0.4, 0.5) is 5.69 Å². The van der Waals surface area contributed by atoms with E-state index in [1.165, 1.54) is 11.8 Å². The summed E-state index contributed by atoms with van der Waals surface area (Å²) < 4.78 is 5.70. The fourth-order valence-electron chi connectivity index (χ4n) is 3.28. The van der Waals surface area contributed by atoms with Crippen LogP contribution in [0.15, 0.2) is 46.0 Å². The molecule has 1 N–H and O–H groups in total. The molecule has 0 bridgehead atoms. The predicted octanol–water partition coefficient (Wildman–Crippen LogP) is 4.38. The Morgan fingerprint density at radius 2 is 1.89 bits per heavy atom. The second-order valence-electron chi connectivity index (χ2n) is 6.97. The number of benzene rings is 2. The molecule has 1 aromatic heterocycles. The van der Waals surface area contributed by atoms with Crippen LogP contribution in [0, 0.1) is 13.8 Å². The van der Waals surface area contributed by atoms with Crippen LogP contribution in [-0.4, -0.2) is 27.6 Å². The summed E-state index contributed by atoms with van der Waals surface area (Å²) in [6.07, 6.45) is 0. The lowest BCUT2D eigenvalue weighted by atomic mass is 9.99. The summed E-state index contributed by atoms with van der Waals surface area (Å²) in [5, 5.41) is 11.3. The van der Waals surface area contributed by atoms with Crippen molar-refractivity contribution in [2.45, 2.75) is 31.9 Å². The van der Waals surface area contributed by atoms with Gasteiger partial charge in [0.25, 0.3) is 5.22 Å². The monoisotopic (exact) mass is 393 g/mol. The van der Waals surface area contributed by atoms with E-state index in [0.29, 0.717) is 16.7 Å². The van der Waals surface area contributed by atoms with Crippen molar-refractivity contribution in [1.82, 2.24) is 10.2 Å². The Hall–Kier alpha value is -2.93. The highest BCUT2D eigenvalue weighted by Gasteiger charge is 2.27. The molecule has 0 spiro atoms. The number of hydrogen-bond donors (Lipinski definition) is 1. The van der Waals surface area contributed by atoms with E-state index >= 15 is 0 Å². The lowest BCUT2D eigenvalue weighted by Gasteiger charge is -2.04. The fourth-order valence-corrected chi connectivity index (χ4v) is 3.94. The van der Waals surface area contributed by atoms with Crippen LogP contribution >= 0.6 is 11.8 Å². The summed E-state index contributed by atoms with van der Waals surface area (Å²) in [6, 6.07) is 11.3. The minimum Gasteiger partial charge on any atom is -0.411 e. The number of Topliss-reactive ketones (excluding diaryl/α,β-unsaturated/α-hetero) is 1. The van der Waals surface area contributed by atoms with E-state index < -0.39 is 0 Å². The number of anilines is 1. The van der Waals surface area contributed by atoms with Gasteiger partial charge in [-0.25, -0.2) is 0 Å². The fraction of sp³-hybridized carbons (Fsp3) is 0.238. The highest BCUT2D eigenvalue weighted by Crippen LogP contribution is 2.33. The maximum atomic E-state index is 12.6. The molecule has 4 rings (SSSR count). The van der Waals surface area contributed by atoms with E-state index in [-0.39, 0.29) is 23.4 Å². The quantitative estimate of drug-likeness (QED) is 0.511. The van der Waals surface area contributed by atoms with Gasteiger partial charge in [0.1, 0.15) is 0 Å². The number of carbonyl (C=O) groups excluding carboxylic acids is 2. The Kier molecular flexibility index (Phi) is 4.77. The molecule has 6 nitrogen and oxygen atoms in total. The van der Waals surface area contributed by atoms with Gasteiger partial charge >= 0.3 is 0 Å². The summed E-state index contributed by atoms with van der Waals surface area (Å²) in [7, 11) is 0. The van der Waals surface area contributed by atoms with Crippen molar-refractivity contribution in [2.75, 3.05) is 11.1 Å². The third kappa shape index (κ3) is 3.57. The van der Waals surface area contributed by atoms with Gasteiger partial charge in [-0.2, -0.15) is 0 Å². The van der Waals surface area contributed by atoms with Crippen molar-refractivity contribution in [1.29, 1.82) is 0 Å². The first-order chi connectivity index (χ1) is 13.4. The molecule has 0 saturated heterocycles. The number of nitrogens with one attached hydrogen (secondary N) is 1. The topological polar surface area (TPSA) is 85.1 Å². The zero-order valence-corrected chi connectivity index (χ0v) is 16.6. The second-order valence-corrected chi connectivity index (χ2v) is 7.90. The predicted molar refractivity (Wildman–Crippen MR) is 108 cm³/mol. The first-order valence-electron chi connectivity index (χ1n) is 8.93. The van der Waals surface area contributed by atoms with Gasteiger partial charge in [-0.3, -0.25) is 9.59 Å². The highest BCUT2D eigenvalue weighted by molar-refractivity contribution is 7.99. The molecule has 0 radical (unpaired) electrons. The molecular formula is C21H19N3O3S. The minimum atomic E-state index is -0.244. The Bertz CT molecular complexity index is 1070. The Morgan fingerprint density at radius 1 is 1.14 bits per heavy atom. The van der Waals surface area contributed by atoms with Crippen molar-refractivity contribution in [3.63, 3.8) is 0 Å². The number of fused-ring (bicyclic) bond motifs is 1. The van der Waals surface area contributed by atoms with Crippen LogP contribution in [0.2, 0.25) is 0 Å². The van der Waals surface area contributed by atoms with Gasteiger partial charge in [0, 0.05) is 16.8 Å². The van der Waals surface area contributed by atoms with Gasteiger partial charge in [0.05, 0.1) is 11.7 Å². The first-order valence-corrected chi connectivity index (χ1v) is 9.92. The average Bonchev–Trinajstić information content (AvgIpc) is 3.24. The van der Waals surface area contributed by atoms with Gasteiger partial charge in [0.15, 0.2) is 5.78 Å². The molecule has 3 aromatic rings. The number of ketones is 1. The summed E-state index contributed by atoms with van der Waals surface area (Å²) >= 11 is 1.21. The van der Waals surface area contributed by atoms with E-state index in [1.54, 1.807) is 18.2 Å². The van der Waals surface area contributed by atoms with E-state index in [0.717, 1.165) is 27.9 Å². The van der Waals surface area contributed by atoms with Gasteiger partial charge < -0.3 is 9.73 Å². The van der Waals surface area contributed by atoms with Crippen molar-refractivity contribution in [3.05, 3.63) is 58.7 Å². The van der Waals surface area contributed by atoms with E-state index in [9.17, 15) is 9.59 Å². The van der Waals surface area contributed by atoms with Crippen LogP contribution in [0.1, 0.15) is 39.9 Å². The van der Waals surface area contributed by atoms with E-state index in [4.69, 9.17) is 4.42 Å². The zero-order chi connectivity index (χ0) is 19.8. The maximum Gasteiger partial charge on any atom is 0.277 e. The molecule has 142 valence electrons. The number of amides is 1. The molecule has 1 atom stereocenters. The third-order valence-electron chi connectivity index (χ3n) is 4.69. The Labute approximate surface area is 166 Å². The first kappa shape index (κ1) is 18.4. The largest absolute Gasteiger partial charge is 0.411 e. The Morgan fingerprint density at radius 3 is 2.64 bits per heavy atom. The van der Waals surface area contributed by atoms with Crippen LogP contribution < -0.4 is 5.32 Å². The summed E-state index contributed by atoms with van der Waals surface area (Å²) in [6.45, 7) is 5.86. The minimum absolute atomic E-state index is 0.0428. The smallest absolute Gasteiger partial charge is 0.277 e. The number of thioether (sulfide) groups is 1. The van der Waals surface area contributed by atoms with Crippen molar-refractivity contribution in [2.24, 2.45) is 0 Å². The van der Waals surface area contributed by atoms with Gasteiger partial charge in [0.2, 0.25) is 11.8 Å². The SMILES string of the molecule is Cc1cc(C)cc(-c2nnc(SCC(=O)c3ccc4c(c3)[C@H](C)C(=O)N4)o2)c1. The molecule has 1 aliphatic heterocycles. The molecule has 0 unspecified atom stereocenters. The summed E-state index contributed by atoms with van der Waals surface area (Å²) in [5.74, 6) is 0.289. The average molecular weight is 393 g/mol. The van der Waals surface area contributed by atoms with Gasteiger partial charge in [-0.05, 0) is 56.7 Å². The normalized spacial score (nSPS) is 15.4. The van der Waals surface area contributed by atoms with E-state index in [1.807, 2.05) is 32.9 Å². The molecule has 1 aliphatic rings. The van der Waals surface area contributed by atoms with Crippen LogP contribution in [0.25, 0.3) is 11.5 Å². The third-order valence-corrected chi connectivity index (χ3v) is 5.51. The number of nitrogens with zero attached hydrogens (tertiary/aromatic N) is 2. The molecule has 1 amide bonds. The molecule has 0 saturated carbocycles. The van der Waals surface area contributed by atoms with Gasteiger partial charge in [-0.1, -0.05) is 29.0 Å². The number of carbonyl (C=O) groups is 2. The second kappa shape index (κ2) is 7.24. The highest BCUT2D eigenvalue weighted by atomic mass is 32.2. The van der Waals surface area contributed by atoms with Crippen LogP contribution in [0.5, 0.6) is 0 Å². The summed E-state index contributed by atoms with van der Waals surface area (Å²) in [4.78, 5) is 24.3. The lowest BCUT2D eigenvalue weighted by Crippen LogP contribution is -2.08. The molecule has 28 heavy (non-hydrogen) atoms. The maximum absolute atomic E-state index is 12.6. The zero-order valence-electron chi connectivity index (χ0n) is 15.8. The van der Waals surface area contributed by atoms with Crippen molar-refractivity contribution >= 4 is 29.1 Å². The van der Waals surface area contributed by atoms with Crippen LogP contribution in [0.3, 0.4) is 0 Å². The number of rotatable bonds is 5. The number of aromatic nitrogens is 2. The van der Waals surface area contributed by atoms with Crippen molar-refractivity contribution in [3.8, 4) is 11.5 Å². The van der Waals surface area contributed by atoms with E-state index in [2.05, 4.69) is 21.6 Å². The number of aryl methyl sites for hydroxylation is 2. The molecule has 0 fully saturated rings. The Balaban J connectivity index is 1.45. The molecule has 0 aliphatic carbocycles. The molecule has 7 heteroatoms.